The highest BCUT2D eigenvalue weighted by atomic mass is 15.2. The Labute approximate surface area is 83.5 Å². The lowest BCUT2D eigenvalue weighted by molar-refractivity contribution is 0.581. The van der Waals surface area contributed by atoms with Gasteiger partial charge in [0.25, 0.3) is 0 Å². The Balaban J connectivity index is 2.27. The monoisotopic (exact) mass is 189 g/mol. The molecule has 0 aliphatic carbocycles. The van der Waals surface area contributed by atoms with Gasteiger partial charge in [-0.1, -0.05) is 13.0 Å². The van der Waals surface area contributed by atoms with E-state index in [1.807, 2.05) is 22.8 Å². The summed E-state index contributed by atoms with van der Waals surface area (Å²) in [7, 11) is 0. The molecule has 0 aliphatic heterocycles. The van der Waals surface area contributed by atoms with Crippen molar-refractivity contribution in [1.29, 1.82) is 0 Å². The Bertz CT molecular complexity index is 386. The average molecular weight is 189 g/mol. The van der Waals surface area contributed by atoms with Crippen LogP contribution in [0.3, 0.4) is 0 Å². The molecule has 0 spiro atoms. The van der Waals surface area contributed by atoms with Crippen molar-refractivity contribution >= 4 is 5.52 Å². The molecular weight excluding hydrogens is 174 g/mol. The Hall–Kier alpha value is -1.35. The predicted octanol–water partition coefficient (Wildman–Crippen LogP) is 1.47. The molecule has 0 radical (unpaired) electrons. The van der Waals surface area contributed by atoms with Gasteiger partial charge in [-0.3, -0.25) is 0 Å². The van der Waals surface area contributed by atoms with Crippen molar-refractivity contribution in [3.8, 4) is 0 Å². The maximum Gasteiger partial charge on any atom is 0.0664 e. The first-order valence-electron chi connectivity index (χ1n) is 4.93. The first-order chi connectivity index (χ1) is 6.79. The zero-order chi connectivity index (χ0) is 9.97. The van der Waals surface area contributed by atoms with E-state index in [0.717, 1.165) is 17.6 Å². The van der Waals surface area contributed by atoms with Gasteiger partial charge in [0.2, 0.25) is 0 Å². The van der Waals surface area contributed by atoms with E-state index < -0.39 is 0 Å². The van der Waals surface area contributed by atoms with Crippen LogP contribution in [-0.4, -0.2) is 16.2 Å². The summed E-state index contributed by atoms with van der Waals surface area (Å²) in [5.41, 5.74) is 7.84. The van der Waals surface area contributed by atoms with Gasteiger partial charge in [0.1, 0.15) is 0 Å². The number of aromatic nitrogens is 2. The number of nitrogens with zero attached hydrogens (tertiary/aromatic N) is 2. The third kappa shape index (κ3) is 1.77. The van der Waals surface area contributed by atoms with Gasteiger partial charge in [0, 0.05) is 6.20 Å². The van der Waals surface area contributed by atoms with Crippen LogP contribution >= 0.6 is 0 Å². The minimum atomic E-state index is 0.500. The molecule has 0 saturated heterocycles. The van der Waals surface area contributed by atoms with Crippen LogP contribution in [0.5, 0.6) is 0 Å². The summed E-state index contributed by atoms with van der Waals surface area (Å²) in [6, 6.07) is 8.18. The summed E-state index contributed by atoms with van der Waals surface area (Å²) < 4.78 is 1.90. The molecule has 0 fully saturated rings. The molecule has 0 saturated carbocycles. The molecule has 14 heavy (non-hydrogen) atoms. The fourth-order valence-corrected chi connectivity index (χ4v) is 1.53. The fourth-order valence-electron chi connectivity index (χ4n) is 1.53. The van der Waals surface area contributed by atoms with Crippen LogP contribution in [0, 0.1) is 5.92 Å². The zero-order valence-electron chi connectivity index (χ0n) is 8.35. The maximum absolute atomic E-state index is 5.58. The smallest absolute Gasteiger partial charge is 0.0664 e. The van der Waals surface area contributed by atoms with Gasteiger partial charge < -0.3 is 5.73 Å². The van der Waals surface area contributed by atoms with Crippen LogP contribution in [0.25, 0.3) is 5.52 Å². The summed E-state index contributed by atoms with van der Waals surface area (Å²) in [5.74, 6) is 0.500. The third-order valence-electron chi connectivity index (χ3n) is 2.38. The highest BCUT2D eigenvalue weighted by molar-refractivity contribution is 5.46. The molecule has 2 aromatic rings. The molecule has 0 aliphatic rings. The normalized spacial score (nSPS) is 13.3. The van der Waals surface area contributed by atoms with E-state index in [1.165, 1.54) is 0 Å². The number of hydrogen-bond acceptors (Lipinski definition) is 2. The lowest BCUT2D eigenvalue weighted by Crippen LogP contribution is -2.13. The van der Waals surface area contributed by atoms with E-state index in [4.69, 9.17) is 5.73 Å². The molecule has 0 amide bonds. The molecule has 1 unspecified atom stereocenters. The second kappa shape index (κ2) is 3.80. The standard InChI is InChI=1S/C11H15N3/c1-9(8-12)6-10-7-11-4-2-3-5-14(11)13-10/h2-5,7,9H,6,8,12H2,1H3. The molecule has 2 rings (SSSR count). The molecule has 0 bridgehead atoms. The van der Waals surface area contributed by atoms with Crippen molar-refractivity contribution in [2.45, 2.75) is 13.3 Å². The molecule has 3 heteroatoms. The van der Waals surface area contributed by atoms with Crippen LogP contribution in [-0.2, 0) is 6.42 Å². The van der Waals surface area contributed by atoms with E-state index in [2.05, 4.69) is 24.2 Å². The number of nitrogens with two attached hydrogens (primary N) is 1. The number of pyridine rings is 1. The molecular formula is C11H15N3. The highest BCUT2D eigenvalue weighted by Gasteiger charge is 2.05. The second-order valence-corrected chi connectivity index (χ2v) is 3.75. The molecule has 3 nitrogen and oxygen atoms in total. The van der Waals surface area contributed by atoms with Gasteiger partial charge in [-0.05, 0) is 37.1 Å². The molecule has 2 heterocycles. The predicted molar refractivity (Wildman–Crippen MR) is 57.1 cm³/mol. The third-order valence-corrected chi connectivity index (χ3v) is 2.38. The van der Waals surface area contributed by atoms with Crippen molar-refractivity contribution in [1.82, 2.24) is 9.61 Å². The van der Waals surface area contributed by atoms with Crippen molar-refractivity contribution in [2.24, 2.45) is 11.7 Å². The van der Waals surface area contributed by atoms with Crippen LogP contribution < -0.4 is 5.73 Å². The highest BCUT2D eigenvalue weighted by Crippen LogP contribution is 2.09. The maximum atomic E-state index is 5.58. The van der Waals surface area contributed by atoms with Gasteiger partial charge in [0.15, 0.2) is 0 Å². The Kier molecular flexibility index (Phi) is 2.50. The summed E-state index contributed by atoms with van der Waals surface area (Å²) in [4.78, 5) is 0. The molecule has 0 aromatic carbocycles. The van der Waals surface area contributed by atoms with E-state index in [-0.39, 0.29) is 0 Å². The van der Waals surface area contributed by atoms with E-state index in [1.54, 1.807) is 0 Å². The van der Waals surface area contributed by atoms with Gasteiger partial charge in [-0.25, -0.2) is 4.52 Å². The summed E-state index contributed by atoms with van der Waals surface area (Å²) in [5, 5.41) is 4.46. The summed E-state index contributed by atoms with van der Waals surface area (Å²) >= 11 is 0. The molecule has 2 N–H and O–H groups in total. The average Bonchev–Trinajstić information content (AvgIpc) is 2.59. The van der Waals surface area contributed by atoms with Gasteiger partial charge in [-0.15, -0.1) is 0 Å². The number of fused-ring (bicyclic) bond motifs is 1. The van der Waals surface area contributed by atoms with E-state index >= 15 is 0 Å². The van der Waals surface area contributed by atoms with Crippen molar-refractivity contribution in [3.05, 3.63) is 36.2 Å². The minimum absolute atomic E-state index is 0.500. The lowest BCUT2D eigenvalue weighted by atomic mass is 10.1. The van der Waals surface area contributed by atoms with Crippen molar-refractivity contribution < 1.29 is 0 Å². The van der Waals surface area contributed by atoms with Crippen LogP contribution in [0.1, 0.15) is 12.6 Å². The largest absolute Gasteiger partial charge is 0.330 e. The van der Waals surface area contributed by atoms with Gasteiger partial charge in [-0.2, -0.15) is 5.10 Å². The van der Waals surface area contributed by atoms with E-state index in [9.17, 15) is 0 Å². The first kappa shape index (κ1) is 9.21. The summed E-state index contributed by atoms with van der Waals surface area (Å²) in [6.07, 6.45) is 2.92. The van der Waals surface area contributed by atoms with Crippen molar-refractivity contribution in [2.75, 3.05) is 6.54 Å². The lowest BCUT2D eigenvalue weighted by Gasteiger charge is -2.03. The van der Waals surface area contributed by atoms with E-state index in [0.29, 0.717) is 12.5 Å². The topological polar surface area (TPSA) is 43.3 Å². The molecule has 2 aromatic heterocycles. The second-order valence-electron chi connectivity index (χ2n) is 3.75. The number of rotatable bonds is 3. The zero-order valence-corrected chi connectivity index (χ0v) is 8.35. The molecule has 74 valence electrons. The number of hydrogen-bond donors (Lipinski definition) is 1. The van der Waals surface area contributed by atoms with Crippen LogP contribution in [0.2, 0.25) is 0 Å². The quantitative estimate of drug-likeness (QED) is 0.794. The summed E-state index contributed by atoms with van der Waals surface area (Å²) in [6.45, 7) is 2.86. The van der Waals surface area contributed by atoms with Crippen LogP contribution in [0.15, 0.2) is 30.5 Å². The fraction of sp³-hybridized carbons (Fsp3) is 0.364. The first-order valence-corrected chi connectivity index (χ1v) is 4.93. The molecule has 1 atom stereocenters. The van der Waals surface area contributed by atoms with Crippen molar-refractivity contribution in [3.63, 3.8) is 0 Å². The Morgan fingerprint density at radius 3 is 3.07 bits per heavy atom. The van der Waals surface area contributed by atoms with Crippen LogP contribution in [0.4, 0.5) is 0 Å². The van der Waals surface area contributed by atoms with Gasteiger partial charge in [0.05, 0.1) is 11.2 Å². The Morgan fingerprint density at radius 1 is 1.50 bits per heavy atom. The minimum Gasteiger partial charge on any atom is -0.330 e. The van der Waals surface area contributed by atoms with Gasteiger partial charge >= 0.3 is 0 Å². The SMILES string of the molecule is CC(CN)Cc1cc2ccccn2n1. The Morgan fingerprint density at radius 2 is 2.36 bits per heavy atom.